The average molecular weight is 289 g/mol. The third kappa shape index (κ3) is 2.30. The van der Waals surface area contributed by atoms with E-state index in [9.17, 15) is 9.50 Å². The van der Waals surface area contributed by atoms with Crippen molar-refractivity contribution < 1.29 is 9.50 Å². The molecule has 2 aromatic carbocycles. The zero-order chi connectivity index (χ0) is 14.0. The number of anilines is 1. The van der Waals surface area contributed by atoms with Gasteiger partial charge in [0.25, 0.3) is 0 Å². The number of nitrogens with one attached hydrogen (secondary N) is 1. The van der Waals surface area contributed by atoms with E-state index in [1.54, 1.807) is 30.0 Å². The summed E-state index contributed by atoms with van der Waals surface area (Å²) >= 11 is 1.78. The van der Waals surface area contributed by atoms with E-state index in [4.69, 9.17) is 0 Å². The zero-order valence-electron chi connectivity index (χ0n) is 11.0. The van der Waals surface area contributed by atoms with E-state index in [0.717, 1.165) is 22.6 Å². The van der Waals surface area contributed by atoms with Gasteiger partial charge in [-0.05, 0) is 30.2 Å². The summed E-state index contributed by atoms with van der Waals surface area (Å²) in [7, 11) is 0. The van der Waals surface area contributed by atoms with Crippen LogP contribution in [0.25, 0.3) is 0 Å². The molecule has 0 aromatic heterocycles. The van der Waals surface area contributed by atoms with Crippen LogP contribution in [0.3, 0.4) is 0 Å². The molecule has 1 atom stereocenters. The molecular formula is C16H16FNOS. The molecule has 3 rings (SSSR count). The van der Waals surface area contributed by atoms with Crippen LogP contribution >= 0.6 is 11.8 Å². The first-order valence-corrected chi connectivity index (χ1v) is 7.60. The fourth-order valence-corrected chi connectivity index (χ4v) is 3.88. The monoisotopic (exact) mass is 289 g/mol. The number of halogens is 1. The van der Waals surface area contributed by atoms with Crippen molar-refractivity contribution in [1.29, 1.82) is 0 Å². The topological polar surface area (TPSA) is 32.3 Å². The lowest BCUT2D eigenvalue weighted by Gasteiger charge is -2.39. The Morgan fingerprint density at radius 3 is 2.70 bits per heavy atom. The molecule has 104 valence electrons. The van der Waals surface area contributed by atoms with Gasteiger partial charge < -0.3 is 10.4 Å². The summed E-state index contributed by atoms with van der Waals surface area (Å²) in [4.78, 5) is 1.15. The Bertz CT molecular complexity index is 619. The lowest BCUT2D eigenvalue weighted by molar-refractivity contribution is 0.204. The number of rotatable bonds is 3. The molecule has 4 heteroatoms. The molecule has 0 saturated carbocycles. The molecule has 0 fully saturated rings. The van der Waals surface area contributed by atoms with Gasteiger partial charge in [-0.1, -0.05) is 30.3 Å². The Kier molecular flexibility index (Phi) is 3.68. The highest BCUT2D eigenvalue weighted by atomic mass is 32.2. The van der Waals surface area contributed by atoms with Crippen LogP contribution in [0.4, 0.5) is 10.1 Å². The van der Waals surface area contributed by atoms with E-state index in [1.165, 1.54) is 6.07 Å². The molecule has 0 radical (unpaired) electrons. The van der Waals surface area contributed by atoms with E-state index in [2.05, 4.69) is 5.32 Å². The second-order valence-electron chi connectivity index (χ2n) is 4.94. The Morgan fingerprint density at radius 1 is 1.15 bits per heavy atom. The molecule has 0 spiro atoms. The molecule has 2 aromatic rings. The Morgan fingerprint density at radius 2 is 1.90 bits per heavy atom. The first-order chi connectivity index (χ1) is 9.75. The maximum atomic E-state index is 13.9. The van der Waals surface area contributed by atoms with Crippen molar-refractivity contribution in [2.45, 2.75) is 16.9 Å². The first-order valence-electron chi connectivity index (χ1n) is 6.61. The van der Waals surface area contributed by atoms with Crippen molar-refractivity contribution in [2.75, 3.05) is 17.7 Å². The van der Waals surface area contributed by atoms with Crippen LogP contribution < -0.4 is 5.32 Å². The normalized spacial score (nSPS) is 21.3. The van der Waals surface area contributed by atoms with E-state index in [1.807, 2.05) is 24.3 Å². The van der Waals surface area contributed by atoms with Crippen molar-refractivity contribution in [3.8, 4) is 0 Å². The second kappa shape index (κ2) is 5.46. The van der Waals surface area contributed by atoms with Gasteiger partial charge in [0.2, 0.25) is 0 Å². The summed E-state index contributed by atoms with van der Waals surface area (Å²) in [6.45, 7) is -0.0566. The first kappa shape index (κ1) is 13.5. The minimum absolute atomic E-state index is 0.0566. The van der Waals surface area contributed by atoms with Crippen LogP contribution in [0.1, 0.15) is 12.0 Å². The smallest absolute Gasteiger partial charge is 0.146 e. The molecule has 1 unspecified atom stereocenters. The number of para-hydroxylation sites is 1. The van der Waals surface area contributed by atoms with Crippen LogP contribution in [-0.4, -0.2) is 17.5 Å². The summed E-state index contributed by atoms with van der Waals surface area (Å²) in [5, 5.41) is 13.2. The molecule has 0 bridgehead atoms. The maximum Gasteiger partial charge on any atom is 0.146 e. The van der Waals surface area contributed by atoms with Crippen LogP contribution in [0.2, 0.25) is 0 Å². The minimum Gasteiger partial charge on any atom is -0.394 e. The van der Waals surface area contributed by atoms with Crippen molar-refractivity contribution in [3.63, 3.8) is 0 Å². The quantitative estimate of drug-likeness (QED) is 0.905. The largest absolute Gasteiger partial charge is 0.394 e. The zero-order valence-corrected chi connectivity index (χ0v) is 11.8. The third-order valence-corrected chi connectivity index (χ3v) is 4.78. The van der Waals surface area contributed by atoms with E-state index >= 15 is 0 Å². The molecule has 1 aliphatic rings. The molecule has 0 amide bonds. The van der Waals surface area contributed by atoms with E-state index < -0.39 is 5.54 Å². The molecular weight excluding hydrogens is 273 g/mol. The van der Waals surface area contributed by atoms with Gasteiger partial charge in [0.05, 0.1) is 17.8 Å². The van der Waals surface area contributed by atoms with Crippen molar-refractivity contribution in [3.05, 3.63) is 59.9 Å². The number of fused-ring (bicyclic) bond motifs is 1. The highest BCUT2D eigenvalue weighted by Crippen LogP contribution is 2.42. The van der Waals surface area contributed by atoms with Crippen LogP contribution in [-0.2, 0) is 5.54 Å². The number of hydrogen-bond donors (Lipinski definition) is 2. The molecule has 2 nitrogen and oxygen atoms in total. The highest BCUT2D eigenvalue weighted by molar-refractivity contribution is 7.99. The Balaban J connectivity index is 2.03. The summed E-state index contributed by atoms with van der Waals surface area (Å²) < 4.78 is 13.9. The molecule has 2 N–H and O–H groups in total. The second-order valence-corrected chi connectivity index (χ2v) is 6.08. The number of benzene rings is 2. The lowest BCUT2D eigenvalue weighted by Crippen LogP contribution is -2.42. The summed E-state index contributed by atoms with van der Waals surface area (Å²) in [6.07, 6.45) is 0.763. The molecule has 1 heterocycles. The predicted molar refractivity (Wildman–Crippen MR) is 80.6 cm³/mol. The highest BCUT2D eigenvalue weighted by Gasteiger charge is 2.36. The Hall–Kier alpha value is -1.52. The van der Waals surface area contributed by atoms with Crippen LogP contribution in [0.15, 0.2) is 53.4 Å². The number of aliphatic hydroxyl groups excluding tert-OH is 1. The SMILES string of the molecule is OCC1(Nc2ccccc2F)CCSc2ccccc21. The van der Waals surface area contributed by atoms with Gasteiger partial charge in [-0.3, -0.25) is 0 Å². The molecule has 0 saturated heterocycles. The molecule has 20 heavy (non-hydrogen) atoms. The maximum absolute atomic E-state index is 13.9. The lowest BCUT2D eigenvalue weighted by atomic mass is 9.87. The molecule has 1 aliphatic heterocycles. The Labute approximate surface area is 122 Å². The molecule has 0 aliphatic carbocycles. The van der Waals surface area contributed by atoms with Crippen LogP contribution in [0.5, 0.6) is 0 Å². The van der Waals surface area contributed by atoms with Crippen molar-refractivity contribution >= 4 is 17.4 Å². The van der Waals surface area contributed by atoms with Crippen molar-refractivity contribution in [2.24, 2.45) is 0 Å². The standard InChI is InChI=1S/C16H16FNOS/c17-13-6-2-3-7-14(13)18-16(11-19)9-10-20-15-8-4-1-5-12(15)16/h1-8,18-19H,9-11H2. The fourth-order valence-electron chi connectivity index (χ4n) is 2.61. The van der Waals surface area contributed by atoms with Crippen molar-refractivity contribution in [1.82, 2.24) is 0 Å². The third-order valence-electron chi connectivity index (χ3n) is 3.71. The number of aliphatic hydroxyl groups is 1. The van der Waals surface area contributed by atoms with Gasteiger partial charge in [-0.2, -0.15) is 0 Å². The van der Waals surface area contributed by atoms with Gasteiger partial charge in [0, 0.05) is 10.6 Å². The van der Waals surface area contributed by atoms with Crippen LogP contribution in [0, 0.1) is 5.82 Å². The van der Waals surface area contributed by atoms with Gasteiger partial charge in [0.1, 0.15) is 5.82 Å². The average Bonchev–Trinajstić information content (AvgIpc) is 2.50. The summed E-state index contributed by atoms with van der Waals surface area (Å²) in [6, 6.07) is 14.6. The van der Waals surface area contributed by atoms with Gasteiger partial charge in [-0.25, -0.2) is 4.39 Å². The fraction of sp³-hybridized carbons (Fsp3) is 0.250. The number of thioether (sulfide) groups is 1. The van der Waals surface area contributed by atoms with Gasteiger partial charge in [-0.15, -0.1) is 11.8 Å². The number of hydrogen-bond acceptors (Lipinski definition) is 3. The van der Waals surface area contributed by atoms with E-state index in [-0.39, 0.29) is 12.4 Å². The van der Waals surface area contributed by atoms with E-state index in [0.29, 0.717) is 5.69 Å². The van der Waals surface area contributed by atoms with Gasteiger partial charge in [0.15, 0.2) is 0 Å². The minimum atomic E-state index is -0.607. The van der Waals surface area contributed by atoms with Gasteiger partial charge >= 0.3 is 0 Å². The summed E-state index contributed by atoms with van der Waals surface area (Å²) in [5.41, 5.74) is 0.870. The predicted octanol–water partition coefficient (Wildman–Crippen LogP) is 3.62. The summed E-state index contributed by atoms with van der Waals surface area (Å²) in [5.74, 6) is 0.606.